The van der Waals surface area contributed by atoms with Crippen LogP contribution in [0.2, 0.25) is 0 Å². The SMILES string of the molecule is C1=CC2C=CC=C(c3c4ccccc4c(-c4cccc(-c5ccc6sc7ccc8c(-c9ccc(-c%10cccc%11c(-c%12cccc(-c%13ccc%14oc%15ccc%16ccc%17c%18ccccc%18sc%17c%16c%15c%14c%13)c%12)c%12ccccc%12cc%10%11)c%10ccccc9%10)cc9oc%10ccccc%10c9c8c7c6c5)c4)c4ccccc34)C2C=C1. The molecule has 0 saturated heterocycles. The highest BCUT2D eigenvalue weighted by atomic mass is 32.1. The van der Waals surface area contributed by atoms with Crippen LogP contribution in [0.3, 0.4) is 0 Å². The van der Waals surface area contributed by atoms with Crippen molar-refractivity contribution in [2.24, 2.45) is 11.8 Å². The van der Waals surface area contributed by atoms with Crippen molar-refractivity contribution in [1.82, 2.24) is 0 Å². The molecule has 0 saturated carbocycles. The van der Waals surface area contributed by atoms with Gasteiger partial charge in [0.1, 0.15) is 22.3 Å². The molecule has 2 aliphatic rings. The maximum absolute atomic E-state index is 7.06. The Morgan fingerprint density at radius 3 is 1.55 bits per heavy atom. The molecular weight excluding hydrogens is 1350 g/mol. The molecule has 0 N–H and O–H groups in total. The Kier molecular flexibility index (Phi) is 12.9. The number of allylic oxidation sites excluding steroid dienone is 8. The summed E-state index contributed by atoms with van der Waals surface area (Å²) in [5, 5.41) is 26.9. The van der Waals surface area contributed by atoms with Crippen LogP contribution in [0, 0.1) is 11.8 Å². The predicted molar refractivity (Wildman–Crippen MR) is 464 cm³/mol. The molecular formula is C104H60O2S2. The van der Waals surface area contributed by atoms with Gasteiger partial charge in [0.2, 0.25) is 0 Å². The van der Waals surface area contributed by atoms with Gasteiger partial charge in [0.15, 0.2) is 0 Å². The smallest absolute Gasteiger partial charge is 0.136 e. The first-order chi connectivity index (χ1) is 53.5. The van der Waals surface area contributed by atoms with Crippen molar-refractivity contribution in [1.29, 1.82) is 0 Å². The molecule has 2 atom stereocenters. The van der Waals surface area contributed by atoms with Crippen LogP contribution < -0.4 is 0 Å². The molecule has 4 heterocycles. The van der Waals surface area contributed by atoms with Gasteiger partial charge in [0.05, 0.1) is 0 Å². The van der Waals surface area contributed by atoms with Gasteiger partial charge in [0, 0.05) is 84.5 Å². The zero-order valence-electron chi connectivity index (χ0n) is 58.3. The molecule has 2 unspecified atom stereocenters. The molecule has 18 aromatic carbocycles. The van der Waals surface area contributed by atoms with Crippen LogP contribution >= 0.6 is 22.7 Å². The average molecular weight is 1410 g/mol. The minimum absolute atomic E-state index is 0.280. The summed E-state index contributed by atoms with van der Waals surface area (Å²) >= 11 is 3.75. The summed E-state index contributed by atoms with van der Waals surface area (Å²) < 4.78 is 18.9. The number of benzene rings is 18. The summed E-state index contributed by atoms with van der Waals surface area (Å²) in [5.41, 5.74) is 20.5. The van der Waals surface area contributed by atoms with Crippen molar-refractivity contribution < 1.29 is 8.83 Å². The topological polar surface area (TPSA) is 26.3 Å². The van der Waals surface area contributed by atoms with E-state index in [9.17, 15) is 0 Å². The van der Waals surface area contributed by atoms with Gasteiger partial charge < -0.3 is 8.83 Å². The standard InChI is InChI=1S/C104H60O2S2/c1-3-26-68-59(19-1)21-17-37-76(68)99-79-33-9-7-31-77(79)97(78-32-8-10-34-80(78)99)67-25-16-23-62(54-67)64-44-51-94-88(56-64)102-95(107-94)52-48-82-86(58-92-100(103(82)102)84-35-11-13-39-89(84)106-92)74-47-46-73(70-28-5-6-29-71(70)74)72-36-18-38-81-85(72)57-65-20-2-4-27-69(65)96(81)66-24-15-22-61(53-66)63-43-49-90-87(55-63)101-91(105-90)50-42-60-41-45-83-75-30-12-14-40-93(75)108-104(83)98(60)101/h1-59,68H. The monoisotopic (exact) mass is 1400 g/mol. The number of thiophene rings is 2. The lowest BCUT2D eigenvalue weighted by Crippen LogP contribution is -2.15. The minimum Gasteiger partial charge on any atom is -0.456 e. The number of rotatable bonds is 7. The van der Waals surface area contributed by atoms with Gasteiger partial charge in [0.25, 0.3) is 0 Å². The van der Waals surface area contributed by atoms with Gasteiger partial charge in [-0.15, -0.1) is 22.7 Å². The number of furan rings is 2. The van der Waals surface area contributed by atoms with Crippen LogP contribution in [-0.4, -0.2) is 0 Å². The van der Waals surface area contributed by atoms with Crippen molar-refractivity contribution in [2.45, 2.75) is 0 Å². The third-order valence-electron chi connectivity index (χ3n) is 23.8. The van der Waals surface area contributed by atoms with E-state index in [1.807, 2.05) is 22.7 Å². The lowest BCUT2D eigenvalue weighted by molar-refractivity contribution is 0.669. The second-order valence-corrected chi connectivity index (χ2v) is 31.6. The van der Waals surface area contributed by atoms with Crippen LogP contribution in [0.25, 0.3) is 232 Å². The molecule has 108 heavy (non-hydrogen) atoms. The molecule has 4 heteroatoms. The number of hydrogen-bond acceptors (Lipinski definition) is 4. The fraction of sp³-hybridized carbons (Fsp3) is 0.0192. The van der Waals surface area contributed by atoms with Crippen LogP contribution in [0.1, 0.15) is 5.56 Å². The summed E-state index contributed by atoms with van der Waals surface area (Å²) in [7, 11) is 0. The second kappa shape index (κ2) is 23.1. The molecule has 0 aliphatic heterocycles. The van der Waals surface area contributed by atoms with E-state index >= 15 is 0 Å². The first kappa shape index (κ1) is 60.1. The van der Waals surface area contributed by atoms with E-state index in [1.54, 1.807) is 0 Å². The first-order valence-electron chi connectivity index (χ1n) is 37.3. The number of fused-ring (bicyclic) bond motifs is 24. The van der Waals surface area contributed by atoms with Crippen molar-refractivity contribution in [2.75, 3.05) is 0 Å². The fourth-order valence-corrected chi connectivity index (χ4v) is 21.4. The van der Waals surface area contributed by atoms with E-state index in [0.29, 0.717) is 5.92 Å². The number of hydrogen-bond donors (Lipinski definition) is 0. The second-order valence-electron chi connectivity index (χ2n) is 29.4. The van der Waals surface area contributed by atoms with Crippen molar-refractivity contribution in [3.05, 3.63) is 357 Å². The van der Waals surface area contributed by atoms with Crippen molar-refractivity contribution in [3.63, 3.8) is 0 Å². The molecule has 22 aromatic rings. The van der Waals surface area contributed by atoms with Crippen molar-refractivity contribution in [3.8, 4) is 66.8 Å². The first-order valence-corrected chi connectivity index (χ1v) is 39.0. The molecule has 0 amide bonds. The zero-order chi connectivity index (χ0) is 70.4. The Balaban J connectivity index is 0.647. The van der Waals surface area contributed by atoms with E-state index in [0.717, 1.165) is 60.7 Å². The van der Waals surface area contributed by atoms with Gasteiger partial charge in [-0.2, -0.15) is 0 Å². The van der Waals surface area contributed by atoms with Crippen LogP contribution in [0.4, 0.5) is 0 Å². The van der Waals surface area contributed by atoms with E-state index < -0.39 is 0 Å². The van der Waals surface area contributed by atoms with Gasteiger partial charge in [-0.1, -0.05) is 279 Å². The summed E-state index contributed by atoms with van der Waals surface area (Å²) in [4.78, 5) is 0. The van der Waals surface area contributed by atoms with Gasteiger partial charge in [-0.05, 0) is 215 Å². The molecule has 500 valence electrons. The molecule has 0 spiro atoms. The quantitative estimate of drug-likeness (QED) is 0.149. The minimum atomic E-state index is 0.280. The highest BCUT2D eigenvalue weighted by Gasteiger charge is 2.29. The average Bonchev–Trinajstić information content (AvgIpc) is 1.25. The Labute approximate surface area is 628 Å². The van der Waals surface area contributed by atoms with Crippen LogP contribution in [0.15, 0.2) is 361 Å². The van der Waals surface area contributed by atoms with E-state index in [4.69, 9.17) is 8.83 Å². The summed E-state index contributed by atoms with van der Waals surface area (Å²) in [6.45, 7) is 0. The highest BCUT2D eigenvalue weighted by molar-refractivity contribution is 7.27. The van der Waals surface area contributed by atoms with Crippen LogP contribution in [0.5, 0.6) is 0 Å². The molecule has 0 fully saturated rings. The van der Waals surface area contributed by atoms with Gasteiger partial charge in [-0.3, -0.25) is 0 Å². The summed E-state index contributed by atoms with van der Waals surface area (Å²) in [5.74, 6) is 0.619. The van der Waals surface area contributed by atoms with E-state index in [-0.39, 0.29) is 5.92 Å². The fourth-order valence-electron chi connectivity index (χ4n) is 19.1. The molecule has 2 nitrogen and oxygen atoms in total. The lowest BCUT2D eigenvalue weighted by Gasteiger charge is -2.29. The maximum Gasteiger partial charge on any atom is 0.136 e. The molecule has 24 rings (SSSR count). The Bertz CT molecular complexity index is 7830. The highest BCUT2D eigenvalue weighted by Crippen LogP contribution is 2.53. The molecule has 4 aromatic heterocycles. The lowest BCUT2D eigenvalue weighted by atomic mass is 9.74. The third kappa shape index (κ3) is 8.81. The molecule has 0 bridgehead atoms. The Morgan fingerprint density at radius 2 is 0.759 bits per heavy atom. The largest absolute Gasteiger partial charge is 0.456 e. The predicted octanol–water partition coefficient (Wildman–Crippen LogP) is 30.6. The molecule has 0 radical (unpaired) electrons. The number of para-hydroxylation sites is 1. The zero-order valence-corrected chi connectivity index (χ0v) is 59.9. The molecule has 2 aliphatic carbocycles. The van der Waals surface area contributed by atoms with Crippen molar-refractivity contribution >= 4 is 188 Å². The normalized spacial score (nSPS) is 14.6. The van der Waals surface area contributed by atoms with E-state index in [2.05, 4.69) is 352 Å². The summed E-state index contributed by atoms with van der Waals surface area (Å²) in [6.07, 6.45) is 16.1. The van der Waals surface area contributed by atoms with E-state index in [1.165, 1.54) is 177 Å². The Morgan fingerprint density at radius 1 is 0.231 bits per heavy atom. The third-order valence-corrected chi connectivity index (χ3v) is 26.1. The maximum atomic E-state index is 7.06. The Hall–Kier alpha value is -13.2. The van der Waals surface area contributed by atoms with Gasteiger partial charge in [-0.25, -0.2) is 0 Å². The van der Waals surface area contributed by atoms with Gasteiger partial charge >= 0.3 is 0 Å². The summed E-state index contributed by atoms with van der Waals surface area (Å²) in [6, 6.07) is 116. The van der Waals surface area contributed by atoms with Crippen LogP contribution in [-0.2, 0) is 0 Å².